The maximum Gasteiger partial charge on any atom is 0.269 e. The van der Waals surface area contributed by atoms with Gasteiger partial charge in [-0.1, -0.05) is 25.0 Å². The Bertz CT molecular complexity index is 800. The van der Waals surface area contributed by atoms with Crippen LogP contribution in [0.5, 0.6) is 0 Å². The van der Waals surface area contributed by atoms with Crippen LogP contribution in [-0.4, -0.2) is 20.9 Å². The van der Waals surface area contributed by atoms with Gasteiger partial charge < -0.3 is 10.6 Å². The molecule has 2 saturated carbocycles. The first-order chi connectivity index (χ1) is 12.7. The summed E-state index contributed by atoms with van der Waals surface area (Å²) in [5.41, 5.74) is 2.05. The van der Waals surface area contributed by atoms with E-state index in [1.54, 1.807) is 12.1 Å². The number of aromatic nitrogens is 2. The van der Waals surface area contributed by atoms with Crippen LogP contribution in [0.2, 0.25) is 0 Å². The molecule has 2 aromatic rings. The van der Waals surface area contributed by atoms with Gasteiger partial charge in [0.2, 0.25) is 5.95 Å². The van der Waals surface area contributed by atoms with E-state index in [0.29, 0.717) is 24.5 Å². The van der Waals surface area contributed by atoms with Crippen LogP contribution >= 0.6 is 0 Å². The van der Waals surface area contributed by atoms with Crippen molar-refractivity contribution in [2.45, 2.75) is 57.0 Å². The SMILES string of the molecule is O=[N+]([O-])c1cccc(CNc2cc(C3CC3)nc(NC3CCCC3)n2)c1. The highest BCUT2D eigenvalue weighted by Gasteiger charge is 2.26. The van der Waals surface area contributed by atoms with Gasteiger partial charge in [0.15, 0.2) is 0 Å². The number of anilines is 2. The summed E-state index contributed by atoms with van der Waals surface area (Å²) in [5.74, 6) is 2.01. The molecule has 0 bridgehead atoms. The third-order valence-electron chi connectivity index (χ3n) is 5.02. The maximum atomic E-state index is 10.9. The summed E-state index contributed by atoms with van der Waals surface area (Å²) in [4.78, 5) is 19.9. The minimum atomic E-state index is -0.372. The van der Waals surface area contributed by atoms with Crippen LogP contribution in [0.25, 0.3) is 0 Å². The molecule has 1 aromatic heterocycles. The predicted molar refractivity (Wildman–Crippen MR) is 100 cm³/mol. The van der Waals surface area contributed by atoms with Gasteiger partial charge in [0.1, 0.15) is 5.82 Å². The van der Waals surface area contributed by atoms with Crippen molar-refractivity contribution >= 4 is 17.5 Å². The first kappa shape index (κ1) is 16.8. The lowest BCUT2D eigenvalue weighted by atomic mass is 10.2. The monoisotopic (exact) mass is 353 g/mol. The van der Waals surface area contributed by atoms with Crippen molar-refractivity contribution in [1.82, 2.24) is 9.97 Å². The van der Waals surface area contributed by atoms with Crippen LogP contribution in [0.15, 0.2) is 30.3 Å². The average Bonchev–Trinajstić information content (AvgIpc) is 3.38. The zero-order valence-corrected chi connectivity index (χ0v) is 14.6. The number of nitro benzene ring substituents is 1. The fraction of sp³-hybridized carbons (Fsp3) is 0.474. The van der Waals surface area contributed by atoms with E-state index in [1.165, 1.54) is 44.6 Å². The minimum Gasteiger partial charge on any atom is -0.366 e. The molecule has 0 unspecified atom stereocenters. The normalized spacial score (nSPS) is 17.2. The smallest absolute Gasteiger partial charge is 0.269 e. The maximum absolute atomic E-state index is 10.9. The molecule has 4 rings (SSSR count). The molecule has 26 heavy (non-hydrogen) atoms. The van der Waals surface area contributed by atoms with Crippen molar-refractivity contribution in [2.24, 2.45) is 0 Å². The predicted octanol–water partition coefficient (Wildman–Crippen LogP) is 4.23. The molecule has 2 N–H and O–H groups in total. The van der Waals surface area contributed by atoms with Crippen LogP contribution in [0.1, 0.15) is 55.7 Å². The fourth-order valence-electron chi connectivity index (χ4n) is 3.43. The van der Waals surface area contributed by atoms with Gasteiger partial charge in [-0.2, -0.15) is 4.98 Å². The third-order valence-corrected chi connectivity index (χ3v) is 5.02. The van der Waals surface area contributed by atoms with Crippen molar-refractivity contribution < 1.29 is 4.92 Å². The minimum absolute atomic E-state index is 0.106. The lowest BCUT2D eigenvalue weighted by Gasteiger charge is -2.14. The highest BCUT2D eigenvalue weighted by molar-refractivity contribution is 5.45. The molecular formula is C19H23N5O2. The zero-order chi connectivity index (χ0) is 17.9. The summed E-state index contributed by atoms with van der Waals surface area (Å²) >= 11 is 0. The molecule has 2 aliphatic carbocycles. The van der Waals surface area contributed by atoms with E-state index in [1.807, 2.05) is 12.1 Å². The molecule has 0 atom stereocenters. The van der Waals surface area contributed by atoms with E-state index in [-0.39, 0.29) is 10.6 Å². The highest BCUT2D eigenvalue weighted by Crippen LogP contribution is 2.40. The Kier molecular flexibility index (Phi) is 4.69. The van der Waals surface area contributed by atoms with Crippen molar-refractivity contribution in [1.29, 1.82) is 0 Å². The van der Waals surface area contributed by atoms with Gasteiger partial charge in [-0.15, -0.1) is 0 Å². The Labute approximate surface area is 152 Å². The molecule has 0 amide bonds. The zero-order valence-electron chi connectivity index (χ0n) is 14.6. The van der Waals surface area contributed by atoms with Crippen LogP contribution in [0.3, 0.4) is 0 Å². The van der Waals surface area contributed by atoms with Crippen molar-refractivity contribution in [3.63, 3.8) is 0 Å². The summed E-state index contributed by atoms with van der Waals surface area (Å²) < 4.78 is 0. The lowest BCUT2D eigenvalue weighted by molar-refractivity contribution is -0.384. The van der Waals surface area contributed by atoms with Gasteiger partial charge in [-0.05, 0) is 31.2 Å². The molecule has 136 valence electrons. The second kappa shape index (κ2) is 7.27. The Morgan fingerprint density at radius 2 is 1.92 bits per heavy atom. The van der Waals surface area contributed by atoms with Crippen LogP contribution in [0.4, 0.5) is 17.5 Å². The molecule has 7 nitrogen and oxygen atoms in total. The second-order valence-electron chi connectivity index (χ2n) is 7.18. The first-order valence-electron chi connectivity index (χ1n) is 9.30. The van der Waals surface area contributed by atoms with Gasteiger partial charge in [0.25, 0.3) is 5.69 Å². The molecule has 2 fully saturated rings. The van der Waals surface area contributed by atoms with Gasteiger partial charge >= 0.3 is 0 Å². The number of nitro groups is 1. The topological polar surface area (TPSA) is 93.0 Å². The average molecular weight is 353 g/mol. The Morgan fingerprint density at radius 1 is 1.12 bits per heavy atom. The van der Waals surface area contributed by atoms with Gasteiger partial charge in [-0.3, -0.25) is 10.1 Å². The molecule has 7 heteroatoms. The number of benzene rings is 1. The van der Waals surface area contributed by atoms with Crippen molar-refractivity contribution in [2.75, 3.05) is 10.6 Å². The van der Waals surface area contributed by atoms with E-state index in [0.717, 1.165) is 17.1 Å². The molecular weight excluding hydrogens is 330 g/mol. The van der Waals surface area contributed by atoms with E-state index < -0.39 is 0 Å². The van der Waals surface area contributed by atoms with E-state index in [2.05, 4.69) is 15.6 Å². The largest absolute Gasteiger partial charge is 0.366 e. The Hall–Kier alpha value is -2.70. The van der Waals surface area contributed by atoms with E-state index in [9.17, 15) is 10.1 Å². The number of hydrogen-bond acceptors (Lipinski definition) is 6. The summed E-state index contributed by atoms with van der Waals surface area (Å²) in [6.07, 6.45) is 7.24. The number of nitrogens with zero attached hydrogens (tertiary/aromatic N) is 3. The third kappa shape index (κ3) is 4.09. The Balaban J connectivity index is 1.48. The highest BCUT2D eigenvalue weighted by atomic mass is 16.6. The summed E-state index contributed by atoms with van der Waals surface area (Å²) in [6, 6.07) is 9.15. The van der Waals surface area contributed by atoms with Crippen molar-refractivity contribution in [3.05, 3.63) is 51.7 Å². The number of nitrogens with one attached hydrogen (secondary N) is 2. The summed E-state index contributed by atoms with van der Waals surface area (Å²) in [5, 5.41) is 17.7. The molecule has 1 aromatic carbocycles. The number of hydrogen-bond donors (Lipinski definition) is 2. The van der Waals surface area contributed by atoms with E-state index >= 15 is 0 Å². The van der Waals surface area contributed by atoms with Crippen molar-refractivity contribution in [3.8, 4) is 0 Å². The number of non-ortho nitro benzene ring substituents is 1. The van der Waals surface area contributed by atoms with Gasteiger partial charge in [-0.25, -0.2) is 4.98 Å². The summed E-state index contributed by atoms with van der Waals surface area (Å²) in [7, 11) is 0. The van der Waals surface area contributed by atoms with Crippen LogP contribution < -0.4 is 10.6 Å². The molecule has 1 heterocycles. The molecule has 0 spiro atoms. The molecule has 2 aliphatic rings. The standard InChI is InChI=1S/C19H23N5O2/c25-24(26)16-7-3-4-13(10-16)12-20-18-11-17(14-8-9-14)22-19(23-18)21-15-5-1-2-6-15/h3-4,7,10-11,14-15H,1-2,5-6,8-9,12H2,(H2,20,21,22,23). The summed E-state index contributed by atoms with van der Waals surface area (Å²) in [6.45, 7) is 0.492. The number of rotatable bonds is 7. The van der Waals surface area contributed by atoms with E-state index in [4.69, 9.17) is 4.98 Å². The van der Waals surface area contributed by atoms with Gasteiger partial charge in [0, 0.05) is 36.7 Å². The van der Waals surface area contributed by atoms with Gasteiger partial charge in [0.05, 0.1) is 10.6 Å². The molecule has 0 radical (unpaired) electrons. The molecule has 0 saturated heterocycles. The second-order valence-corrected chi connectivity index (χ2v) is 7.18. The lowest BCUT2D eigenvalue weighted by Crippen LogP contribution is -2.17. The van der Waals surface area contributed by atoms with Crippen LogP contribution in [0, 0.1) is 10.1 Å². The molecule has 0 aliphatic heterocycles. The first-order valence-corrected chi connectivity index (χ1v) is 9.30. The Morgan fingerprint density at radius 3 is 2.65 bits per heavy atom. The van der Waals surface area contributed by atoms with Crippen LogP contribution in [-0.2, 0) is 6.54 Å². The quantitative estimate of drug-likeness (QED) is 0.571. The fourth-order valence-corrected chi connectivity index (χ4v) is 3.43.